The minimum atomic E-state index is 0.128. The Kier molecular flexibility index (Phi) is 5.35. The van der Waals surface area contributed by atoms with Crippen LogP contribution in [0.15, 0.2) is 4.99 Å². The average Bonchev–Trinajstić information content (AvgIpc) is 2.85. The lowest BCUT2D eigenvalue weighted by Crippen LogP contribution is -2.46. The molecule has 5 heteroatoms. The smallest absolute Gasteiger partial charge is 0.244 e. The summed E-state index contributed by atoms with van der Waals surface area (Å²) in [7, 11) is 0. The maximum absolute atomic E-state index is 12.0. The lowest BCUT2D eigenvalue weighted by Gasteiger charge is -2.35. The van der Waals surface area contributed by atoms with E-state index in [0.717, 1.165) is 29.9 Å². The molecule has 2 rings (SSSR count). The highest BCUT2D eigenvalue weighted by Crippen LogP contribution is 2.38. The van der Waals surface area contributed by atoms with Crippen molar-refractivity contribution in [3.05, 3.63) is 0 Å². The maximum Gasteiger partial charge on any atom is 0.244 e. The second kappa shape index (κ2) is 6.83. The van der Waals surface area contributed by atoms with Gasteiger partial charge in [-0.1, -0.05) is 18.7 Å². The molecule has 1 N–H and O–H groups in total. The van der Waals surface area contributed by atoms with E-state index in [0.29, 0.717) is 0 Å². The number of nitrogens with zero attached hydrogens (tertiary/aromatic N) is 2. The molecule has 1 saturated heterocycles. The van der Waals surface area contributed by atoms with E-state index < -0.39 is 0 Å². The number of nitrogens with one attached hydrogen (secondary N) is 1. The summed E-state index contributed by atoms with van der Waals surface area (Å²) in [6, 6.07) is 0. The molecular weight excluding hydrogens is 270 g/mol. The molecular formula is C15H27N3OS. The van der Waals surface area contributed by atoms with Gasteiger partial charge in [-0.2, -0.15) is 0 Å². The fraction of sp³-hybridized carbons (Fsp3) is 0.867. The summed E-state index contributed by atoms with van der Waals surface area (Å²) < 4.78 is 0. The fourth-order valence-electron chi connectivity index (χ4n) is 2.99. The van der Waals surface area contributed by atoms with E-state index in [1.165, 1.54) is 25.7 Å². The Hall–Kier alpha value is -0.710. The van der Waals surface area contributed by atoms with Crippen molar-refractivity contribution in [2.45, 2.75) is 52.0 Å². The zero-order chi connectivity index (χ0) is 14.6. The molecule has 0 aromatic rings. The van der Waals surface area contributed by atoms with E-state index in [9.17, 15) is 4.79 Å². The zero-order valence-electron chi connectivity index (χ0n) is 12.9. The number of rotatable bonds is 4. The summed E-state index contributed by atoms with van der Waals surface area (Å²) in [5.41, 5.74) is 0.258. The van der Waals surface area contributed by atoms with Crippen LogP contribution in [0.25, 0.3) is 0 Å². The van der Waals surface area contributed by atoms with Crippen LogP contribution in [-0.2, 0) is 4.79 Å². The van der Waals surface area contributed by atoms with Gasteiger partial charge in [0.15, 0.2) is 5.17 Å². The Morgan fingerprint density at radius 3 is 2.65 bits per heavy atom. The first kappa shape index (κ1) is 15.7. The monoisotopic (exact) mass is 297 g/mol. The summed E-state index contributed by atoms with van der Waals surface area (Å²) >= 11 is 1.79. The second-order valence-electron chi connectivity index (χ2n) is 6.06. The molecule has 20 heavy (non-hydrogen) atoms. The van der Waals surface area contributed by atoms with Crippen molar-refractivity contribution in [1.82, 2.24) is 10.2 Å². The molecule has 1 heterocycles. The second-order valence-corrected chi connectivity index (χ2v) is 7.03. The molecule has 1 spiro atoms. The van der Waals surface area contributed by atoms with Crippen molar-refractivity contribution >= 4 is 22.8 Å². The van der Waals surface area contributed by atoms with Gasteiger partial charge in [-0.25, -0.2) is 0 Å². The van der Waals surface area contributed by atoms with Crippen LogP contribution in [0.2, 0.25) is 0 Å². The number of thioether (sulfide) groups is 1. The highest BCUT2D eigenvalue weighted by molar-refractivity contribution is 8.14. The van der Waals surface area contributed by atoms with Crippen LogP contribution < -0.4 is 5.32 Å². The molecule has 1 saturated carbocycles. The normalized spacial score (nSPS) is 31.6. The van der Waals surface area contributed by atoms with Gasteiger partial charge < -0.3 is 10.2 Å². The first-order valence-corrected chi connectivity index (χ1v) is 8.80. The molecule has 0 aromatic heterocycles. The Bertz CT molecular complexity index is 371. The quantitative estimate of drug-likeness (QED) is 0.867. The number of amidine groups is 1. The molecule has 4 nitrogen and oxygen atoms in total. The van der Waals surface area contributed by atoms with E-state index in [1.807, 2.05) is 18.7 Å². The summed E-state index contributed by atoms with van der Waals surface area (Å²) in [6.45, 7) is 8.17. The Labute approximate surface area is 126 Å². The van der Waals surface area contributed by atoms with Crippen LogP contribution in [0.4, 0.5) is 0 Å². The molecule has 1 aliphatic heterocycles. The topological polar surface area (TPSA) is 44.7 Å². The lowest BCUT2D eigenvalue weighted by molar-refractivity contribution is -0.129. The van der Waals surface area contributed by atoms with Gasteiger partial charge in [-0.3, -0.25) is 9.79 Å². The standard InChI is InChI=1S/C15H27N3OS/c1-4-18(5-2)13(19)10-16-14-17-15(11-20-14)8-6-12(3)7-9-15/h12H,4-11H2,1-3H3,(H,16,17). The number of hydrogen-bond donors (Lipinski definition) is 1. The number of amides is 1. The largest absolute Gasteiger partial charge is 0.359 e. The van der Waals surface area contributed by atoms with Crippen LogP contribution in [-0.4, -0.2) is 46.9 Å². The molecule has 0 unspecified atom stereocenters. The van der Waals surface area contributed by atoms with Crippen molar-refractivity contribution < 1.29 is 4.79 Å². The molecule has 0 bridgehead atoms. The van der Waals surface area contributed by atoms with Crippen molar-refractivity contribution in [3.63, 3.8) is 0 Å². The highest BCUT2D eigenvalue weighted by atomic mass is 32.2. The molecule has 2 aliphatic rings. The Balaban J connectivity index is 1.86. The molecule has 0 aromatic carbocycles. The van der Waals surface area contributed by atoms with Gasteiger partial charge >= 0.3 is 0 Å². The molecule has 0 atom stereocenters. The van der Waals surface area contributed by atoms with Gasteiger partial charge in [-0.15, -0.1) is 0 Å². The summed E-state index contributed by atoms with van der Waals surface area (Å²) in [5.74, 6) is 2.10. The van der Waals surface area contributed by atoms with Gasteiger partial charge in [0.2, 0.25) is 5.91 Å². The van der Waals surface area contributed by atoms with Gasteiger partial charge in [0.05, 0.1) is 0 Å². The van der Waals surface area contributed by atoms with Crippen LogP contribution in [0.3, 0.4) is 0 Å². The molecule has 0 radical (unpaired) electrons. The minimum absolute atomic E-state index is 0.128. The Morgan fingerprint density at radius 1 is 1.40 bits per heavy atom. The van der Waals surface area contributed by atoms with Crippen molar-refractivity contribution in [3.8, 4) is 0 Å². The molecule has 1 aliphatic carbocycles. The summed E-state index contributed by atoms with van der Waals surface area (Å²) in [5, 5.41) is 4.57. The van der Waals surface area contributed by atoms with Crippen LogP contribution >= 0.6 is 11.8 Å². The molecule has 1 amide bonds. The van der Waals surface area contributed by atoms with E-state index in [2.05, 4.69) is 17.2 Å². The SMILES string of the molecule is CCN(CC)C(=O)CN=C1NC2(CCC(C)CC2)CS1. The number of carbonyl (C=O) groups is 1. The first-order valence-electron chi connectivity index (χ1n) is 7.82. The first-order chi connectivity index (χ1) is 9.58. The number of hydrogen-bond acceptors (Lipinski definition) is 3. The lowest BCUT2D eigenvalue weighted by atomic mass is 9.78. The van der Waals surface area contributed by atoms with E-state index >= 15 is 0 Å². The van der Waals surface area contributed by atoms with Crippen molar-refractivity contribution in [1.29, 1.82) is 0 Å². The summed E-state index contributed by atoms with van der Waals surface area (Å²) in [6.07, 6.45) is 5.09. The molecule has 2 fully saturated rings. The maximum atomic E-state index is 12.0. The number of likely N-dealkylation sites (N-methyl/N-ethyl adjacent to an activating group) is 1. The van der Waals surface area contributed by atoms with Crippen LogP contribution in [0.1, 0.15) is 46.5 Å². The van der Waals surface area contributed by atoms with Crippen LogP contribution in [0.5, 0.6) is 0 Å². The van der Waals surface area contributed by atoms with Crippen molar-refractivity contribution in [2.75, 3.05) is 25.4 Å². The minimum Gasteiger partial charge on any atom is -0.359 e. The number of aliphatic imine (C=N–C) groups is 1. The third-order valence-electron chi connectivity index (χ3n) is 4.56. The van der Waals surface area contributed by atoms with Gasteiger partial charge in [0.25, 0.3) is 0 Å². The number of carbonyl (C=O) groups excluding carboxylic acids is 1. The van der Waals surface area contributed by atoms with Gasteiger partial charge in [-0.05, 0) is 45.4 Å². The fourth-order valence-corrected chi connectivity index (χ4v) is 4.21. The Morgan fingerprint density at radius 2 is 2.05 bits per heavy atom. The van der Waals surface area contributed by atoms with E-state index in [-0.39, 0.29) is 18.0 Å². The van der Waals surface area contributed by atoms with Gasteiger partial charge in [0.1, 0.15) is 6.54 Å². The van der Waals surface area contributed by atoms with Crippen LogP contribution in [0, 0.1) is 5.92 Å². The predicted octanol–water partition coefficient (Wildman–Crippen LogP) is 2.50. The highest BCUT2D eigenvalue weighted by Gasteiger charge is 2.39. The predicted molar refractivity (Wildman–Crippen MR) is 86.2 cm³/mol. The van der Waals surface area contributed by atoms with Gasteiger partial charge in [0, 0.05) is 24.4 Å². The average molecular weight is 297 g/mol. The third-order valence-corrected chi connectivity index (χ3v) is 5.76. The zero-order valence-corrected chi connectivity index (χ0v) is 13.8. The van der Waals surface area contributed by atoms with E-state index in [4.69, 9.17) is 0 Å². The van der Waals surface area contributed by atoms with E-state index in [1.54, 1.807) is 11.8 Å². The third kappa shape index (κ3) is 3.68. The summed E-state index contributed by atoms with van der Waals surface area (Å²) in [4.78, 5) is 18.3. The van der Waals surface area contributed by atoms with Crippen molar-refractivity contribution in [2.24, 2.45) is 10.9 Å². The molecule has 114 valence electrons.